The minimum Gasteiger partial charge on any atom is -0.497 e. The third kappa shape index (κ3) is 1.68. The molecule has 1 aromatic heterocycles. The quantitative estimate of drug-likeness (QED) is 0.699. The molecule has 2 N–H and O–H groups in total. The molecule has 0 fully saturated rings. The lowest BCUT2D eigenvalue weighted by Crippen LogP contribution is -1.85. The number of nitrogens with two attached hydrogens (primary N) is 1. The normalized spacial score (nSPS) is 10.7. The number of hydrogen-bond donors (Lipinski definition) is 1. The summed E-state index contributed by atoms with van der Waals surface area (Å²) in [5, 5.41) is 0. The van der Waals surface area contributed by atoms with Crippen molar-refractivity contribution in [2.45, 2.75) is 0 Å². The van der Waals surface area contributed by atoms with Gasteiger partial charge in [0.15, 0.2) is 5.58 Å². The first-order valence-electron chi connectivity index (χ1n) is 5.57. The van der Waals surface area contributed by atoms with Crippen molar-refractivity contribution in [2.75, 3.05) is 12.8 Å². The highest BCUT2D eigenvalue weighted by molar-refractivity contribution is 5.87. The van der Waals surface area contributed by atoms with Gasteiger partial charge >= 0.3 is 0 Å². The number of nitrogen functional groups attached to an aromatic ring is 1. The van der Waals surface area contributed by atoms with Crippen molar-refractivity contribution < 1.29 is 9.15 Å². The van der Waals surface area contributed by atoms with Gasteiger partial charge in [0.05, 0.1) is 12.8 Å². The Morgan fingerprint density at radius 3 is 2.78 bits per heavy atom. The predicted molar refractivity (Wildman–Crippen MR) is 70.4 cm³/mol. The summed E-state index contributed by atoms with van der Waals surface area (Å²) in [5.74, 6) is 1.31. The van der Waals surface area contributed by atoms with E-state index < -0.39 is 0 Å². The molecule has 4 nitrogen and oxygen atoms in total. The first-order chi connectivity index (χ1) is 8.78. The number of aromatic nitrogens is 1. The Hall–Kier alpha value is -2.49. The Morgan fingerprint density at radius 2 is 2.00 bits per heavy atom. The van der Waals surface area contributed by atoms with Crippen LogP contribution in [-0.4, -0.2) is 12.1 Å². The lowest BCUT2D eigenvalue weighted by molar-refractivity contribution is 0.415. The van der Waals surface area contributed by atoms with Gasteiger partial charge in [-0.3, -0.25) is 0 Å². The number of benzene rings is 2. The molecule has 2 aromatic carbocycles. The van der Waals surface area contributed by atoms with Crippen LogP contribution in [0.15, 0.2) is 46.9 Å². The van der Waals surface area contributed by atoms with Crippen molar-refractivity contribution in [2.24, 2.45) is 0 Å². The molecule has 0 saturated heterocycles. The zero-order valence-corrected chi connectivity index (χ0v) is 9.88. The number of oxazole rings is 1. The fourth-order valence-corrected chi connectivity index (χ4v) is 1.85. The van der Waals surface area contributed by atoms with Gasteiger partial charge in [0, 0.05) is 5.56 Å². The molecule has 0 atom stereocenters. The van der Waals surface area contributed by atoms with Crippen LogP contribution >= 0.6 is 0 Å². The van der Waals surface area contributed by atoms with E-state index >= 15 is 0 Å². The molecule has 3 aromatic rings. The molecule has 4 heteroatoms. The molecular weight excluding hydrogens is 228 g/mol. The van der Waals surface area contributed by atoms with Gasteiger partial charge in [-0.2, -0.15) is 0 Å². The van der Waals surface area contributed by atoms with Crippen LogP contribution in [-0.2, 0) is 0 Å². The number of methoxy groups -OCH3 is 1. The Kier molecular flexibility index (Phi) is 2.41. The van der Waals surface area contributed by atoms with E-state index in [0.717, 1.165) is 11.3 Å². The second-order valence-electron chi connectivity index (χ2n) is 3.94. The first-order valence-corrected chi connectivity index (χ1v) is 5.57. The molecule has 0 bridgehead atoms. The molecule has 3 rings (SSSR count). The third-order valence-electron chi connectivity index (χ3n) is 2.77. The Labute approximate surface area is 104 Å². The second-order valence-corrected chi connectivity index (χ2v) is 3.94. The van der Waals surface area contributed by atoms with Crippen molar-refractivity contribution in [3.63, 3.8) is 0 Å². The van der Waals surface area contributed by atoms with Crippen molar-refractivity contribution in [1.29, 1.82) is 0 Å². The number of fused-ring (bicyclic) bond motifs is 1. The summed E-state index contributed by atoms with van der Waals surface area (Å²) in [6.07, 6.45) is 0. The zero-order valence-electron chi connectivity index (χ0n) is 9.88. The van der Waals surface area contributed by atoms with Crippen molar-refractivity contribution in [3.8, 4) is 17.2 Å². The number of para-hydroxylation sites is 1. The van der Waals surface area contributed by atoms with E-state index in [4.69, 9.17) is 14.9 Å². The van der Waals surface area contributed by atoms with Crippen LogP contribution in [0.2, 0.25) is 0 Å². The number of rotatable bonds is 2. The lowest BCUT2D eigenvalue weighted by Gasteiger charge is -2.00. The first kappa shape index (κ1) is 10.7. The van der Waals surface area contributed by atoms with Crippen molar-refractivity contribution in [1.82, 2.24) is 4.98 Å². The van der Waals surface area contributed by atoms with Gasteiger partial charge < -0.3 is 14.9 Å². The summed E-state index contributed by atoms with van der Waals surface area (Å²) in [5.41, 5.74) is 8.72. The molecule has 0 spiro atoms. The maximum absolute atomic E-state index is 5.86. The average Bonchev–Trinajstić information content (AvgIpc) is 2.84. The molecule has 0 saturated carbocycles. The largest absolute Gasteiger partial charge is 0.497 e. The third-order valence-corrected chi connectivity index (χ3v) is 2.77. The van der Waals surface area contributed by atoms with E-state index in [1.54, 1.807) is 13.2 Å². The second kappa shape index (κ2) is 4.07. The Balaban J connectivity index is 2.16. The molecule has 0 unspecified atom stereocenters. The Morgan fingerprint density at radius 1 is 1.17 bits per heavy atom. The van der Waals surface area contributed by atoms with Gasteiger partial charge in [-0.05, 0) is 30.3 Å². The molecule has 1 heterocycles. The smallest absolute Gasteiger partial charge is 0.227 e. The number of hydrogen-bond acceptors (Lipinski definition) is 4. The highest BCUT2D eigenvalue weighted by atomic mass is 16.5. The summed E-state index contributed by atoms with van der Waals surface area (Å²) >= 11 is 0. The van der Waals surface area contributed by atoms with Gasteiger partial charge in [0.2, 0.25) is 5.89 Å². The van der Waals surface area contributed by atoms with Gasteiger partial charge in [0.25, 0.3) is 0 Å². The summed E-state index contributed by atoms with van der Waals surface area (Å²) in [6.45, 7) is 0. The van der Waals surface area contributed by atoms with E-state index in [1.807, 2.05) is 36.4 Å². The molecular formula is C14H12N2O2. The number of anilines is 1. The van der Waals surface area contributed by atoms with Gasteiger partial charge in [-0.25, -0.2) is 4.98 Å². The zero-order chi connectivity index (χ0) is 12.5. The highest BCUT2D eigenvalue weighted by Crippen LogP contribution is 2.28. The van der Waals surface area contributed by atoms with E-state index in [1.165, 1.54) is 0 Å². The molecule has 18 heavy (non-hydrogen) atoms. The van der Waals surface area contributed by atoms with Crippen LogP contribution in [0.3, 0.4) is 0 Å². The van der Waals surface area contributed by atoms with Crippen LogP contribution < -0.4 is 10.5 Å². The van der Waals surface area contributed by atoms with E-state index in [2.05, 4.69) is 4.98 Å². The maximum Gasteiger partial charge on any atom is 0.227 e. The highest BCUT2D eigenvalue weighted by Gasteiger charge is 2.10. The van der Waals surface area contributed by atoms with Crippen molar-refractivity contribution in [3.05, 3.63) is 42.5 Å². The molecule has 0 aliphatic rings. The molecule has 90 valence electrons. The van der Waals surface area contributed by atoms with E-state index in [-0.39, 0.29) is 0 Å². The average molecular weight is 240 g/mol. The standard InChI is InChI=1S/C14H12N2O2/c1-17-10-5-2-4-9(8-10)14-16-13-11(15)6-3-7-12(13)18-14/h2-8H,15H2,1H3. The van der Waals surface area contributed by atoms with E-state index in [9.17, 15) is 0 Å². The van der Waals surface area contributed by atoms with Crippen molar-refractivity contribution >= 4 is 16.8 Å². The summed E-state index contributed by atoms with van der Waals surface area (Å²) < 4.78 is 10.9. The topological polar surface area (TPSA) is 61.3 Å². The van der Waals surface area contributed by atoms with Crippen LogP contribution in [0.25, 0.3) is 22.6 Å². The Bertz CT molecular complexity index is 704. The monoisotopic (exact) mass is 240 g/mol. The summed E-state index contributed by atoms with van der Waals surface area (Å²) in [7, 11) is 1.63. The van der Waals surface area contributed by atoms with Crippen LogP contribution in [0.5, 0.6) is 5.75 Å². The fourth-order valence-electron chi connectivity index (χ4n) is 1.85. The van der Waals surface area contributed by atoms with E-state index in [0.29, 0.717) is 22.7 Å². The number of ether oxygens (including phenoxy) is 1. The minimum absolute atomic E-state index is 0.543. The number of nitrogens with zero attached hydrogens (tertiary/aromatic N) is 1. The lowest BCUT2D eigenvalue weighted by atomic mass is 10.2. The van der Waals surface area contributed by atoms with Crippen LogP contribution in [0, 0.1) is 0 Å². The van der Waals surface area contributed by atoms with Gasteiger partial charge in [0.1, 0.15) is 11.3 Å². The SMILES string of the molecule is COc1cccc(-c2nc3c(N)cccc3o2)c1. The summed E-state index contributed by atoms with van der Waals surface area (Å²) in [4.78, 5) is 4.41. The molecule has 0 amide bonds. The molecule has 0 radical (unpaired) electrons. The molecule has 0 aliphatic heterocycles. The molecule has 0 aliphatic carbocycles. The van der Waals surface area contributed by atoms with Gasteiger partial charge in [-0.1, -0.05) is 12.1 Å². The maximum atomic E-state index is 5.86. The minimum atomic E-state index is 0.543. The summed E-state index contributed by atoms with van der Waals surface area (Å²) in [6, 6.07) is 13.1. The van der Waals surface area contributed by atoms with Crippen LogP contribution in [0.1, 0.15) is 0 Å². The fraction of sp³-hybridized carbons (Fsp3) is 0.0714. The predicted octanol–water partition coefficient (Wildman–Crippen LogP) is 3.09. The van der Waals surface area contributed by atoms with Gasteiger partial charge in [-0.15, -0.1) is 0 Å². The van der Waals surface area contributed by atoms with Crippen LogP contribution in [0.4, 0.5) is 5.69 Å².